The zero-order valence-corrected chi connectivity index (χ0v) is 16.2. The van der Waals surface area contributed by atoms with E-state index in [1.807, 2.05) is 32.0 Å². The molecule has 0 amide bonds. The third-order valence-corrected chi connectivity index (χ3v) is 5.17. The van der Waals surface area contributed by atoms with Crippen molar-refractivity contribution >= 4 is 23.4 Å². The molecule has 2 heterocycles. The maximum Gasteiger partial charge on any atom is 0.237 e. The van der Waals surface area contributed by atoms with Gasteiger partial charge in [-0.2, -0.15) is 9.67 Å². The lowest BCUT2D eigenvalue weighted by Gasteiger charge is -2.07. The van der Waals surface area contributed by atoms with Gasteiger partial charge in [-0.05, 0) is 53.6 Å². The van der Waals surface area contributed by atoms with Crippen LogP contribution in [-0.2, 0) is 5.75 Å². The van der Waals surface area contributed by atoms with Crippen LogP contribution in [0.4, 0.5) is 0 Å². The number of benzene rings is 2. The van der Waals surface area contributed by atoms with Gasteiger partial charge in [-0.15, -0.1) is 5.10 Å². The molecule has 0 aliphatic carbocycles. The third-order valence-electron chi connectivity index (χ3n) is 3.94. The monoisotopic (exact) mass is 398 g/mol. The number of hydrogen-bond acceptors (Lipinski definition) is 7. The Kier molecular flexibility index (Phi) is 4.91. The van der Waals surface area contributed by atoms with Gasteiger partial charge in [0.15, 0.2) is 0 Å². The summed E-state index contributed by atoms with van der Waals surface area (Å²) in [6.07, 6.45) is 0. The van der Waals surface area contributed by atoms with Gasteiger partial charge in [0, 0.05) is 5.56 Å². The Balaban J connectivity index is 1.53. The van der Waals surface area contributed by atoms with E-state index in [1.54, 1.807) is 10.7 Å². The van der Waals surface area contributed by atoms with Crippen molar-refractivity contribution in [3.05, 3.63) is 64.5 Å². The Morgan fingerprint density at radius 3 is 2.85 bits per heavy atom. The van der Waals surface area contributed by atoms with Crippen molar-refractivity contribution in [3.63, 3.8) is 0 Å². The fourth-order valence-electron chi connectivity index (χ4n) is 2.56. The van der Waals surface area contributed by atoms with E-state index in [-0.39, 0.29) is 0 Å². The first-order chi connectivity index (χ1) is 13.1. The number of hydrogen-bond donors (Lipinski definition) is 0. The number of tetrazole rings is 1. The Bertz CT molecular complexity index is 1090. The normalized spacial score (nSPS) is 11.1. The topological polar surface area (TPSA) is 82.5 Å². The molecule has 2 aromatic carbocycles. The van der Waals surface area contributed by atoms with E-state index in [0.29, 0.717) is 27.6 Å². The number of rotatable bonds is 5. The van der Waals surface area contributed by atoms with Crippen molar-refractivity contribution in [3.8, 4) is 17.1 Å². The predicted octanol–water partition coefficient (Wildman–Crippen LogP) is 4.27. The van der Waals surface area contributed by atoms with E-state index < -0.39 is 0 Å². The van der Waals surface area contributed by atoms with Crippen LogP contribution in [-0.4, -0.2) is 30.3 Å². The van der Waals surface area contributed by atoms with Crippen LogP contribution in [0.2, 0.25) is 5.02 Å². The van der Waals surface area contributed by atoms with Gasteiger partial charge in [0.2, 0.25) is 16.9 Å². The summed E-state index contributed by atoms with van der Waals surface area (Å²) in [7, 11) is 0. The Hall–Kier alpha value is -2.71. The molecule has 4 rings (SSSR count). The molecule has 7 nitrogen and oxygen atoms in total. The molecule has 0 saturated heterocycles. The second-order valence-corrected chi connectivity index (χ2v) is 7.29. The van der Waals surface area contributed by atoms with Crippen molar-refractivity contribution in [1.82, 2.24) is 30.3 Å². The fraction of sp³-hybridized carbons (Fsp3) is 0.167. The van der Waals surface area contributed by atoms with Crippen molar-refractivity contribution in [2.75, 3.05) is 0 Å². The zero-order chi connectivity index (χ0) is 18.8. The average Bonchev–Trinajstić information content (AvgIpc) is 3.31. The molecule has 0 atom stereocenters. The molecule has 4 aromatic rings. The minimum atomic E-state index is 0.447. The highest BCUT2D eigenvalue weighted by molar-refractivity contribution is 7.98. The van der Waals surface area contributed by atoms with Gasteiger partial charge in [0.25, 0.3) is 0 Å². The van der Waals surface area contributed by atoms with Gasteiger partial charge in [-0.3, -0.25) is 0 Å². The van der Waals surface area contributed by atoms with Crippen molar-refractivity contribution in [2.24, 2.45) is 0 Å². The van der Waals surface area contributed by atoms with E-state index in [1.165, 1.54) is 11.8 Å². The number of thioether (sulfide) groups is 1. The first kappa shape index (κ1) is 17.7. The van der Waals surface area contributed by atoms with Crippen molar-refractivity contribution in [2.45, 2.75) is 24.8 Å². The van der Waals surface area contributed by atoms with Crippen LogP contribution in [0.3, 0.4) is 0 Å². The van der Waals surface area contributed by atoms with Gasteiger partial charge in [0.1, 0.15) is 0 Å². The summed E-state index contributed by atoms with van der Waals surface area (Å²) >= 11 is 7.61. The van der Waals surface area contributed by atoms with Crippen LogP contribution in [0.15, 0.2) is 52.1 Å². The highest BCUT2D eigenvalue weighted by atomic mass is 35.5. The van der Waals surface area contributed by atoms with Gasteiger partial charge < -0.3 is 4.52 Å². The first-order valence-corrected chi connectivity index (χ1v) is 9.54. The molecule has 0 unspecified atom stereocenters. The maximum atomic E-state index is 6.19. The SMILES string of the molecule is Cc1ccc(C)c(-n2nnnc2SCc2nc(-c3ccccc3Cl)no2)c1. The number of aryl methyl sites for hydroxylation is 2. The molecule has 0 N–H and O–H groups in total. The van der Waals surface area contributed by atoms with E-state index in [4.69, 9.17) is 16.1 Å². The fourth-order valence-corrected chi connectivity index (χ4v) is 3.50. The molecule has 0 bridgehead atoms. The molecule has 0 fully saturated rings. The zero-order valence-electron chi connectivity index (χ0n) is 14.6. The molecule has 0 aliphatic heterocycles. The molecular formula is C18H15ClN6OS. The second kappa shape index (κ2) is 7.50. The summed E-state index contributed by atoms with van der Waals surface area (Å²) in [4.78, 5) is 4.41. The summed E-state index contributed by atoms with van der Waals surface area (Å²) in [6.45, 7) is 4.06. The smallest absolute Gasteiger partial charge is 0.237 e. The maximum absolute atomic E-state index is 6.19. The average molecular weight is 399 g/mol. The molecule has 0 saturated carbocycles. The lowest BCUT2D eigenvalue weighted by Crippen LogP contribution is -2.02. The molecular weight excluding hydrogens is 384 g/mol. The molecule has 0 spiro atoms. The lowest BCUT2D eigenvalue weighted by molar-refractivity contribution is 0.391. The summed E-state index contributed by atoms with van der Waals surface area (Å²) in [5.74, 6) is 1.39. The summed E-state index contributed by atoms with van der Waals surface area (Å²) in [5, 5.41) is 17.3. The highest BCUT2D eigenvalue weighted by Gasteiger charge is 2.15. The van der Waals surface area contributed by atoms with Gasteiger partial charge >= 0.3 is 0 Å². The predicted molar refractivity (Wildman–Crippen MR) is 103 cm³/mol. The van der Waals surface area contributed by atoms with Crippen LogP contribution in [0.1, 0.15) is 17.0 Å². The number of aromatic nitrogens is 6. The molecule has 136 valence electrons. The molecule has 2 aromatic heterocycles. The number of halogens is 1. The van der Waals surface area contributed by atoms with Gasteiger partial charge in [-0.1, -0.05) is 52.8 Å². The molecule has 0 radical (unpaired) electrons. The van der Waals surface area contributed by atoms with Crippen LogP contribution in [0.25, 0.3) is 17.1 Å². The molecule has 27 heavy (non-hydrogen) atoms. The Morgan fingerprint density at radius 1 is 1.15 bits per heavy atom. The minimum Gasteiger partial charge on any atom is -0.338 e. The quantitative estimate of drug-likeness (QED) is 0.464. The highest BCUT2D eigenvalue weighted by Crippen LogP contribution is 2.27. The molecule has 0 aliphatic rings. The number of nitrogens with zero attached hydrogens (tertiary/aromatic N) is 6. The van der Waals surface area contributed by atoms with E-state index in [0.717, 1.165) is 22.4 Å². The van der Waals surface area contributed by atoms with Crippen molar-refractivity contribution in [1.29, 1.82) is 0 Å². The molecule has 9 heteroatoms. The van der Waals surface area contributed by atoms with Crippen LogP contribution in [0, 0.1) is 13.8 Å². The van der Waals surface area contributed by atoms with E-state index in [9.17, 15) is 0 Å². The Morgan fingerprint density at radius 2 is 2.00 bits per heavy atom. The summed E-state index contributed by atoms with van der Waals surface area (Å²) in [6, 6.07) is 13.5. The largest absolute Gasteiger partial charge is 0.338 e. The Labute approximate surface area is 164 Å². The second-order valence-electron chi connectivity index (χ2n) is 5.94. The van der Waals surface area contributed by atoms with Gasteiger partial charge in [-0.25, -0.2) is 0 Å². The van der Waals surface area contributed by atoms with Gasteiger partial charge in [0.05, 0.1) is 16.5 Å². The summed E-state index contributed by atoms with van der Waals surface area (Å²) in [5.41, 5.74) is 3.92. The standard InChI is InChI=1S/C18H15ClN6OS/c1-11-7-8-12(2)15(9-11)25-18(21-23-24-25)27-10-16-20-17(22-26-16)13-5-3-4-6-14(13)19/h3-9H,10H2,1-2H3. The minimum absolute atomic E-state index is 0.447. The van der Waals surface area contributed by atoms with Crippen LogP contribution in [0.5, 0.6) is 0 Å². The van der Waals surface area contributed by atoms with E-state index >= 15 is 0 Å². The summed E-state index contributed by atoms with van der Waals surface area (Å²) < 4.78 is 7.06. The lowest BCUT2D eigenvalue weighted by atomic mass is 10.1. The van der Waals surface area contributed by atoms with Crippen molar-refractivity contribution < 1.29 is 4.52 Å². The van der Waals surface area contributed by atoms with E-state index in [2.05, 4.69) is 43.9 Å². The third kappa shape index (κ3) is 3.72. The first-order valence-electron chi connectivity index (χ1n) is 8.18. The van der Waals surface area contributed by atoms with Crippen LogP contribution >= 0.6 is 23.4 Å². The van der Waals surface area contributed by atoms with Crippen LogP contribution < -0.4 is 0 Å².